The highest BCUT2D eigenvalue weighted by Crippen LogP contribution is 2.25. The standard InChI is InChI=1S/C19H21IN2O/c1-13-14(2)22(19-6-4-3-5-18(13)19)12-17(23)11-21-16-9-7-15(20)8-10-16/h3-10,17,21,23H,11-12H2,1-2H3/t17-/m1/s1. The summed E-state index contributed by atoms with van der Waals surface area (Å²) in [6.45, 7) is 5.39. The van der Waals surface area contributed by atoms with Crippen molar-refractivity contribution in [2.45, 2.75) is 26.5 Å². The number of nitrogens with one attached hydrogen (secondary N) is 1. The summed E-state index contributed by atoms with van der Waals surface area (Å²) >= 11 is 2.29. The van der Waals surface area contributed by atoms with Gasteiger partial charge in [0.15, 0.2) is 0 Å². The Hall–Kier alpha value is -1.53. The molecule has 23 heavy (non-hydrogen) atoms. The summed E-state index contributed by atoms with van der Waals surface area (Å²) in [7, 11) is 0. The van der Waals surface area contributed by atoms with Crippen LogP contribution < -0.4 is 5.32 Å². The van der Waals surface area contributed by atoms with E-state index in [0.717, 1.165) is 5.69 Å². The highest BCUT2D eigenvalue weighted by Gasteiger charge is 2.13. The summed E-state index contributed by atoms with van der Waals surface area (Å²) in [6.07, 6.45) is -0.441. The Kier molecular flexibility index (Phi) is 4.92. The molecule has 3 rings (SSSR count). The lowest BCUT2D eigenvalue weighted by Gasteiger charge is -2.16. The zero-order valence-electron chi connectivity index (χ0n) is 13.4. The first kappa shape index (κ1) is 16.3. The van der Waals surface area contributed by atoms with E-state index in [1.54, 1.807) is 0 Å². The first-order chi connectivity index (χ1) is 11.1. The van der Waals surface area contributed by atoms with Crippen molar-refractivity contribution in [3.63, 3.8) is 0 Å². The first-order valence-corrected chi connectivity index (χ1v) is 8.86. The number of para-hydroxylation sites is 1. The Labute approximate surface area is 150 Å². The van der Waals surface area contributed by atoms with E-state index >= 15 is 0 Å². The molecular weight excluding hydrogens is 399 g/mol. The average Bonchev–Trinajstić information content (AvgIpc) is 2.80. The lowest BCUT2D eigenvalue weighted by atomic mass is 10.2. The van der Waals surface area contributed by atoms with Gasteiger partial charge in [-0.15, -0.1) is 0 Å². The number of aliphatic hydroxyl groups excluding tert-OH is 1. The third-order valence-corrected chi connectivity index (χ3v) is 5.04. The number of nitrogens with zero attached hydrogens (tertiary/aromatic N) is 1. The minimum absolute atomic E-state index is 0.441. The van der Waals surface area contributed by atoms with Gasteiger partial charge in [0.2, 0.25) is 0 Å². The van der Waals surface area contributed by atoms with Crippen LogP contribution in [0.15, 0.2) is 48.5 Å². The van der Waals surface area contributed by atoms with Crippen LogP contribution in [0, 0.1) is 17.4 Å². The fourth-order valence-corrected chi connectivity index (χ4v) is 3.28. The summed E-state index contributed by atoms with van der Waals surface area (Å²) < 4.78 is 3.42. The monoisotopic (exact) mass is 420 g/mol. The SMILES string of the molecule is Cc1c(C)n(C[C@H](O)CNc2ccc(I)cc2)c2ccccc12. The fourth-order valence-electron chi connectivity index (χ4n) is 2.92. The molecule has 0 amide bonds. The van der Waals surface area contributed by atoms with Crippen molar-refractivity contribution >= 4 is 39.2 Å². The predicted molar refractivity (Wildman–Crippen MR) is 105 cm³/mol. The number of hydrogen-bond acceptors (Lipinski definition) is 2. The average molecular weight is 420 g/mol. The van der Waals surface area contributed by atoms with Crippen LogP contribution in [-0.2, 0) is 6.54 Å². The van der Waals surface area contributed by atoms with Gasteiger partial charge in [0, 0.05) is 32.4 Å². The van der Waals surface area contributed by atoms with Gasteiger partial charge in [0.25, 0.3) is 0 Å². The zero-order chi connectivity index (χ0) is 16.4. The van der Waals surface area contributed by atoms with E-state index in [1.165, 1.54) is 25.7 Å². The quantitative estimate of drug-likeness (QED) is 0.603. The van der Waals surface area contributed by atoms with E-state index in [9.17, 15) is 5.11 Å². The van der Waals surface area contributed by atoms with Crippen LogP contribution in [0.5, 0.6) is 0 Å². The van der Waals surface area contributed by atoms with Crippen LogP contribution >= 0.6 is 22.6 Å². The Morgan fingerprint density at radius 1 is 1.09 bits per heavy atom. The molecule has 120 valence electrons. The molecule has 0 spiro atoms. The Balaban J connectivity index is 1.72. The van der Waals surface area contributed by atoms with Crippen LogP contribution in [-0.4, -0.2) is 22.3 Å². The number of hydrogen-bond donors (Lipinski definition) is 2. The fraction of sp³-hybridized carbons (Fsp3) is 0.263. The van der Waals surface area contributed by atoms with Crippen molar-refractivity contribution in [1.29, 1.82) is 0 Å². The maximum absolute atomic E-state index is 10.4. The summed E-state index contributed by atoms with van der Waals surface area (Å²) in [5.41, 5.74) is 4.74. The van der Waals surface area contributed by atoms with Gasteiger partial charge in [-0.1, -0.05) is 18.2 Å². The smallest absolute Gasteiger partial charge is 0.0891 e. The second-order valence-electron chi connectivity index (χ2n) is 5.88. The molecule has 0 bridgehead atoms. The van der Waals surface area contributed by atoms with Gasteiger partial charge in [-0.25, -0.2) is 0 Å². The number of anilines is 1. The first-order valence-electron chi connectivity index (χ1n) is 7.78. The number of benzene rings is 2. The van der Waals surface area contributed by atoms with Crippen LogP contribution in [0.3, 0.4) is 0 Å². The number of aryl methyl sites for hydroxylation is 1. The minimum atomic E-state index is -0.441. The van der Waals surface area contributed by atoms with E-state index in [4.69, 9.17) is 0 Å². The molecule has 0 saturated carbocycles. The normalized spacial score (nSPS) is 12.5. The molecule has 0 aliphatic rings. The molecule has 1 atom stereocenters. The van der Waals surface area contributed by atoms with Crippen LogP contribution in [0.1, 0.15) is 11.3 Å². The predicted octanol–water partition coefficient (Wildman–Crippen LogP) is 4.34. The van der Waals surface area contributed by atoms with Crippen molar-refractivity contribution in [3.8, 4) is 0 Å². The molecule has 3 aromatic rings. The Morgan fingerprint density at radius 2 is 1.78 bits per heavy atom. The van der Waals surface area contributed by atoms with Gasteiger partial charge in [0.05, 0.1) is 12.6 Å². The van der Waals surface area contributed by atoms with Gasteiger partial charge >= 0.3 is 0 Å². The van der Waals surface area contributed by atoms with Crippen molar-refractivity contribution in [1.82, 2.24) is 4.57 Å². The number of aromatic nitrogens is 1. The maximum atomic E-state index is 10.4. The minimum Gasteiger partial charge on any atom is -0.389 e. The molecule has 0 saturated heterocycles. The largest absolute Gasteiger partial charge is 0.389 e. The number of halogens is 1. The number of rotatable bonds is 5. The van der Waals surface area contributed by atoms with Gasteiger partial charge in [-0.2, -0.15) is 0 Å². The third kappa shape index (κ3) is 3.53. The molecule has 0 unspecified atom stereocenters. The molecule has 2 N–H and O–H groups in total. The van der Waals surface area contributed by atoms with Crippen LogP contribution in [0.2, 0.25) is 0 Å². The van der Waals surface area contributed by atoms with Gasteiger partial charge < -0.3 is 15.0 Å². The van der Waals surface area contributed by atoms with E-state index in [0.29, 0.717) is 13.1 Å². The Bertz CT molecular complexity index is 808. The molecule has 3 nitrogen and oxygen atoms in total. The molecule has 0 radical (unpaired) electrons. The van der Waals surface area contributed by atoms with E-state index in [1.807, 2.05) is 18.2 Å². The van der Waals surface area contributed by atoms with Crippen molar-refractivity contribution in [2.75, 3.05) is 11.9 Å². The second-order valence-corrected chi connectivity index (χ2v) is 7.13. The lowest BCUT2D eigenvalue weighted by Crippen LogP contribution is -2.25. The summed E-state index contributed by atoms with van der Waals surface area (Å²) in [4.78, 5) is 0. The molecule has 0 aliphatic heterocycles. The molecule has 0 aliphatic carbocycles. The van der Waals surface area contributed by atoms with Crippen molar-refractivity contribution < 1.29 is 5.11 Å². The number of aliphatic hydroxyl groups is 1. The summed E-state index contributed by atoms with van der Waals surface area (Å²) in [6, 6.07) is 16.6. The van der Waals surface area contributed by atoms with E-state index in [2.05, 4.69) is 76.7 Å². The Morgan fingerprint density at radius 3 is 2.52 bits per heavy atom. The van der Waals surface area contributed by atoms with Gasteiger partial charge in [0.1, 0.15) is 0 Å². The zero-order valence-corrected chi connectivity index (χ0v) is 15.5. The van der Waals surface area contributed by atoms with Crippen LogP contribution in [0.4, 0.5) is 5.69 Å². The summed E-state index contributed by atoms with van der Waals surface area (Å²) in [5.74, 6) is 0. The van der Waals surface area contributed by atoms with E-state index < -0.39 is 6.10 Å². The maximum Gasteiger partial charge on any atom is 0.0891 e. The molecule has 1 heterocycles. The van der Waals surface area contributed by atoms with Crippen molar-refractivity contribution in [3.05, 3.63) is 63.4 Å². The number of fused-ring (bicyclic) bond motifs is 1. The van der Waals surface area contributed by atoms with Gasteiger partial charge in [-0.3, -0.25) is 0 Å². The van der Waals surface area contributed by atoms with Gasteiger partial charge in [-0.05, 0) is 72.3 Å². The van der Waals surface area contributed by atoms with Crippen LogP contribution in [0.25, 0.3) is 10.9 Å². The molecule has 0 fully saturated rings. The lowest BCUT2D eigenvalue weighted by molar-refractivity contribution is 0.167. The topological polar surface area (TPSA) is 37.2 Å². The molecular formula is C19H21IN2O. The highest BCUT2D eigenvalue weighted by atomic mass is 127. The highest BCUT2D eigenvalue weighted by molar-refractivity contribution is 14.1. The second kappa shape index (κ2) is 6.93. The van der Waals surface area contributed by atoms with Crippen molar-refractivity contribution in [2.24, 2.45) is 0 Å². The summed E-state index contributed by atoms with van der Waals surface area (Å²) in [5, 5.41) is 15.0. The molecule has 4 heteroatoms. The molecule has 2 aromatic carbocycles. The third-order valence-electron chi connectivity index (χ3n) is 4.33. The van der Waals surface area contributed by atoms with E-state index in [-0.39, 0.29) is 0 Å². The molecule has 1 aromatic heterocycles.